The van der Waals surface area contributed by atoms with Crippen molar-refractivity contribution in [1.82, 2.24) is 4.31 Å². The predicted molar refractivity (Wildman–Crippen MR) is 140 cm³/mol. The number of benzene rings is 3. The van der Waals surface area contributed by atoms with Crippen LogP contribution in [0, 0.1) is 0 Å². The fraction of sp³-hybridized carbons (Fsp3) is 0.208. The lowest BCUT2D eigenvalue weighted by Crippen LogP contribution is -2.35. The molecular formula is C24H24BrN3O6S2. The quantitative estimate of drug-likeness (QED) is 0.348. The second-order valence-corrected chi connectivity index (χ2v) is 12.7. The Bertz CT molecular complexity index is 1490. The molecule has 0 spiro atoms. The van der Waals surface area contributed by atoms with Crippen LogP contribution in [0.3, 0.4) is 0 Å². The second kappa shape index (κ2) is 10.6. The van der Waals surface area contributed by atoms with Crippen LogP contribution in [0.4, 0.5) is 11.4 Å². The summed E-state index contributed by atoms with van der Waals surface area (Å²) in [5.74, 6) is -1.05. The van der Waals surface area contributed by atoms with Crippen LogP contribution in [0.5, 0.6) is 5.75 Å². The van der Waals surface area contributed by atoms with Gasteiger partial charge in [-0.3, -0.25) is 9.52 Å². The third kappa shape index (κ3) is 5.72. The van der Waals surface area contributed by atoms with E-state index in [0.717, 1.165) is 19.3 Å². The molecule has 1 aliphatic rings. The highest BCUT2D eigenvalue weighted by Gasteiger charge is 2.27. The van der Waals surface area contributed by atoms with E-state index in [-0.39, 0.29) is 32.5 Å². The number of halogens is 1. The standard InChI is InChI=1S/C24H24BrN3O6S2/c25-17-8-10-18(11-9-17)35(31,32)27-21-7-3-2-6-20(21)24(30)26-22-16-19(12-13-23(22)29)36(33,34)28-14-4-1-5-15-28/h2-3,6-13,16,27,29H,1,4-5,14-15H2,(H,26,30). The number of carbonyl (C=O) groups is 1. The zero-order valence-corrected chi connectivity index (χ0v) is 22.2. The van der Waals surface area contributed by atoms with E-state index < -0.39 is 26.0 Å². The van der Waals surface area contributed by atoms with Gasteiger partial charge in [-0.2, -0.15) is 4.31 Å². The van der Waals surface area contributed by atoms with Crippen molar-refractivity contribution in [3.8, 4) is 5.75 Å². The first-order valence-corrected chi connectivity index (χ1v) is 14.8. The van der Waals surface area contributed by atoms with Crippen LogP contribution in [-0.2, 0) is 20.0 Å². The van der Waals surface area contributed by atoms with Crippen LogP contribution >= 0.6 is 15.9 Å². The highest BCUT2D eigenvalue weighted by atomic mass is 79.9. The molecule has 190 valence electrons. The Balaban J connectivity index is 1.59. The van der Waals surface area contributed by atoms with Crippen molar-refractivity contribution in [3.05, 3.63) is 76.8 Å². The SMILES string of the molecule is O=C(Nc1cc(S(=O)(=O)N2CCCCC2)ccc1O)c1ccccc1NS(=O)(=O)c1ccc(Br)cc1. The smallest absolute Gasteiger partial charge is 0.261 e. The number of piperidine rings is 1. The summed E-state index contributed by atoms with van der Waals surface area (Å²) in [5, 5.41) is 12.8. The Labute approximate surface area is 218 Å². The zero-order valence-electron chi connectivity index (χ0n) is 19.0. The van der Waals surface area contributed by atoms with Crippen molar-refractivity contribution in [1.29, 1.82) is 0 Å². The lowest BCUT2D eigenvalue weighted by atomic mass is 10.1. The maximum Gasteiger partial charge on any atom is 0.261 e. The average molecular weight is 595 g/mol. The van der Waals surface area contributed by atoms with Gasteiger partial charge in [-0.25, -0.2) is 16.8 Å². The Morgan fingerprint density at radius 2 is 1.47 bits per heavy atom. The maximum absolute atomic E-state index is 13.1. The molecule has 3 N–H and O–H groups in total. The minimum Gasteiger partial charge on any atom is -0.506 e. The summed E-state index contributed by atoms with van der Waals surface area (Å²) in [6.45, 7) is 0.827. The highest BCUT2D eigenvalue weighted by molar-refractivity contribution is 9.10. The van der Waals surface area contributed by atoms with Gasteiger partial charge >= 0.3 is 0 Å². The zero-order chi connectivity index (χ0) is 25.9. The van der Waals surface area contributed by atoms with Gasteiger partial charge in [0.1, 0.15) is 5.75 Å². The van der Waals surface area contributed by atoms with Gasteiger partial charge < -0.3 is 10.4 Å². The number of hydrogen-bond donors (Lipinski definition) is 3. The molecule has 1 amide bonds. The Hall–Kier alpha value is -2.93. The van der Waals surface area contributed by atoms with E-state index in [2.05, 4.69) is 26.0 Å². The van der Waals surface area contributed by atoms with Crippen LogP contribution in [0.15, 0.2) is 81.0 Å². The van der Waals surface area contributed by atoms with Gasteiger partial charge in [-0.15, -0.1) is 0 Å². The summed E-state index contributed by atoms with van der Waals surface area (Å²) in [7, 11) is -7.78. The van der Waals surface area contributed by atoms with Crippen molar-refractivity contribution in [2.45, 2.75) is 29.1 Å². The van der Waals surface area contributed by atoms with Crippen molar-refractivity contribution in [2.75, 3.05) is 23.1 Å². The Morgan fingerprint density at radius 3 is 2.17 bits per heavy atom. The molecule has 1 aliphatic heterocycles. The summed E-state index contributed by atoms with van der Waals surface area (Å²) < 4.78 is 56.2. The predicted octanol–water partition coefficient (Wildman–Crippen LogP) is 4.38. The summed E-state index contributed by atoms with van der Waals surface area (Å²) in [6.07, 6.45) is 2.51. The van der Waals surface area contributed by atoms with Crippen molar-refractivity contribution in [3.63, 3.8) is 0 Å². The summed E-state index contributed by atoms with van der Waals surface area (Å²) in [6, 6.07) is 15.7. The second-order valence-electron chi connectivity index (χ2n) is 8.20. The topological polar surface area (TPSA) is 133 Å². The minimum absolute atomic E-state index is 0.00850. The number of phenols is 1. The van der Waals surface area contributed by atoms with E-state index in [4.69, 9.17) is 0 Å². The lowest BCUT2D eigenvalue weighted by molar-refractivity contribution is 0.102. The summed E-state index contributed by atoms with van der Waals surface area (Å²) >= 11 is 3.26. The molecule has 0 atom stereocenters. The molecule has 0 unspecified atom stereocenters. The molecule has 0 bridgehead atoms. The lowest BCUT2D eigenvalue weighted by Gasteiger charge is -2.26. The van der Waals surface area contributed by atoms with Gasteiger partial charge in [0.05, 0.1) is 26.7 Å². The van der Waals surface area contributed by atoms with E-state index in [1.165, 1.54) is 46.8 Å². The molecule has 1 fully saturated rings. The molecule has 0 radical (unpaired) electrons. The van der Waals surface area contributed by atoms with Crippen LogP contribution in [0.25, 0.3) is 0 Å². The van der Waals surface area contributed by atoms with Crippen LogP contribution < -0.4 is 10.0 Å². The van der Waals surface area contributed by atoms with E-state index in [1.54, 1.807) is 24.3 Å². The van der Waals surface area contributed by atoms with Crippen molar-refractivity contribution < 1.29 is 26.7 Å². The molecule has 12 heteroatoms. The fourth-order valence-corrected chi connectivity index (χ4v) is 6.70. The number of para-hydroxylation sites is 1. The Morgan fingerprint density at radius 1 is 0.833 bits per heavy atom. The molecule has 4 rings (SSSR count). The molecular weight excluding hydrogens is 570 g/mol. The molecule has 0 aliphatic carbocycles. The first-order chi connectivity index (χ1) is 17.1. The van der Waals surface area contributed by atoms with E-state index in [0.29, 0.717) is 17.6 Å². The number of sulfonamides is 2. The van der Waals surface area contributed by atoms with Gasteiger partial charge in [-0.1, -0.05) is 34.5 Å². The third-order valence-corrected chi connectivity index (χ3v) is 9.51. The average Bonchev–Trinajstić information content (AvgIpc) is 2.86. The normalized spacial score (nSPS) is 14.8. The highest BCUT2D eigenvalue weighted by Crippen LogP contribution is 2.30. The maximum atomic E-state index is 13.1. The number of amides is 1. The molecule has 1 saturated heterocycles. The van der Waals surface area contributed by atoms with Gasteiger partial charge in [0.15, 0.2) is 0 Å². The van der Waals surface area contributed by atoms with E-state index in [9.17, 15) is 26.7 Å². The summed E-state index contributed by atoms with van der Waals surface area (Å²) in [4.78, 5) is 13.0. The number of rotatable bonds is 7. The van der Waals surface area contributed by atoms with Gasteiger partial charge in [-0.05, 0) is 67.4 Å². The molecule has 0 saturated carbocycles. The molecule has 0 aromatic heterocycles. The van der Waals surface area contributed by atoms with Crippen molar-refractivity contribution >= 4 is 53.3 Å². The molecule has 3 aromatic carbocycles. The third-order valence-electron chi connectivity index (χ3n) is 5.71. The van der Waals surface area contributed by atoms with E-state index in [1.807, 2.05) is 0 Å². The largest absolute Gasteiger partial charge is 0.506 e. The molecule has 9 nitrogen and oxygen atoms in total. The van der Waals surface area contributed by atoms with Gasteiger partial charge in [0.25, 0.3) is 15.9 Å². The Kier molecular flexibility index (Phi) is 7.69. The number of hydrogen-bond acceptors (Lipinski definition) is 6. The number of phenolic OH excluding ortho intramolecular Hbond substituents is 1. The minimum atomic E-state index is -3.99. The molecule has 1 heterocycles. The van der Waals surface area contributed by atoms with Gasteiger partial charge in [0.2, 0.25) is 10.0 Å². The van der Waals surface area contributed by atoms with E-state index >= 15 is 0 Å². The number of aromatic hydroxyl groups is 1. The van der Waals surface area contributed by atoms with Crippen LogP contribution in [0.1, 0.15) is 29.6 Å². The number of anilines is 2. The van der Waals surface area contributed by atoms with Crippen molar-refractivity contribution in [2.24, 2.45) is 0 Å². The fourth-order valence-electron chi connectivity index (χ4n) is 3.81. The van der Waals surface area contributed by atoms with Crippen LogP contribution in [-0.4, -0.2) is 45.2 Å². The first kappa shape index (κ1) is 26.1. The number of nitrogens with one attached hydrogen (secondary N) is 2. The summed E-state index contributed by atoms with van der Waals surface area (Å²) in [5.41, 5.74) is -0.0972. The monoisotopic (exact) mass is 593 g/mol. The number of carbonyl (C=O) groups excluding carboxylic acids is 1. The van der Waals surface area contributed by atoms with Gasteiger partial charge in [0, 0.05) is 17.6 Å². The first-order valence-electron chi connectivity index (χ1n) is 11.1. The van der Waals surface area contributed by atoms with Crippen LogP contribution in [0.2, 0.25) is 0 Å². The molecule has 3 aromatic rings. The molecule has 36 heavy (non-hydrogen) atoms. The number of nitrogens with zero attached hydrogens (tertiary/aromatic N) is 1.